The highest BCUT2D eigenvalue weighted by atomic mass is 19.2. The van der Waals surface area contributed by atoms with Crippen molar-refractivity contribution in [3.63, 3.8) is 0 Å². The lowest BCUT2D eigenvalue weighted by molar-refractivity contribution is 0.0995. The van der Waals surface area contributed by atoms with Gasteiger partial charge in [0.2, 0.25) is 0 Å². The van der Waals surface area contributed by atoms with Gasteiger partial charge in [-0.3, -0.25) is 4.79 Å². The number of fused-ring (bicyclic) bond motifs is 1. The zero-order chi connectivity index (χ0) is 15.0. The molecule has 108 valence electrons. The summed E-state index contributed by atoms with van der Waals surface area (Å²) in [6.07, 6.45) is 0.632. The van der Waals surface area contributed by atoms with E-state index in [2.05, 4.69) is 10.3 Å². The molecule has 1 aromatic heterocycles. The highest BCUT2D eigenvalue weighted by molar-refractivity contribution is 5.92. The van der Waals surface area contributed by atoms with Crippen LogP contribution in [0.25, 0.3) is 11.1 Å². The van der Waals surface area contributed by atoms with E-state index in [0.717, 1.165) is 11.6 Å². The van der Waals surface area contributed by atoms with Gasteiger partial charge in [0.05, 0.1) is 5.69 Å². The van der Waals surface area contributed by atoms with E-state index in [9.17, 15) is 13.6 Å². The predicted molar refractivity (Wildman–Crippen MR) is 73.5 cm³/mol. The molecule has 1 aliphatic heterocycles. The minimum absolute atomic E-state index is 0.0520. The van der Waals surface area contributed by atoms with Crippen LogP contribution < -0.4 is 11.1 Å². The summed E-state index contributed by atoms with van der Waals surface area (Å²) in [5, 5.41) is 3.13. The molecule has 1 aliphatic rings. The number of halogens is 2. The molecule has 6 heteroatoms. The Morgan fingerprint density at radius 3 is 2.86 bits per heavy atom. The van der Waals surface area contributed by atoms with Crippen molar-refractivity contribution in [3.8, 4) is 11.1 Å². The van der Waals surface area contributed by atoms with Crippen LogP contribution in [0.5, 0.6) is 0 Å². The van der Waals surface area contributed by atoms with E-state index in [4.69, 9.17) is 5.73 Å². The van der Waals surface area contributed by atoms with Gasteiger partial charge < -0.3 is 11.1 Å². The van der Waals surface area contributed by atoms with Gasteiger partial charge in [-0.15, -0.1) is 0 Å². The Balaban J connectivity index is 2.27. The smallest absolute Gasteiger partial charge is 0.267 e. The number of amides is 1. The van der Waals surface area contributed by atoms with Gasteiger partial charge in [-0.05, 0) is 36.2 Å². The monoisotopic (exact) mass is 289 g/mol. The lowest BCUT2D eigenvalue weighted by Gasteiger charge is -2.21. The van der Waals surface area contributed by atoms with Crippen LogP contribution in [0.3, 0.4) is 0 Å². The Kier molecular flexibility index (Phi) is 3.39. The van der Waals surface area contributed by atoms with Crippen LogP contribution in [0.1, 0.15) is 21.7 Å². The summed E-state index contributed by atoms with van der Waals surface area (Å²) in [5.74, 6) is -2.55. The molecule has 4 nitrogen and oxygen atoms in total. The number of pyridine rings is 1. The summed E-state index contributed by atoms with van der Waals surface area (Å²) < 4.78 is 27.5. The van der Waals surface area contributed by atoms with Crippen molar-refractivity contribution in [2.24, 2.45) is 5.73 Å². The van der Waals surface area contributed by atoms with E-state index in [1.165, 1.54) is 18.2 Å². The maximum Gasteiger partial charge on any atom is 0.267 e. The number of rotatable bonds is 2. The summed E-state index contributed by atoms with van der Waals surface area (Å²) in [5.41, 5.74) is 7.40. The molecule has 0 aliphatic carbocycles. The molecule has 2 aromatic rings. The zero-order valence-electron chi connectivity index (χ0n) is 11.1. The van der Waals surface area contributed by atoms with Gasteiger partial charge in [0.15, 0.2) is 11.6 Å². The number of carbonyl (C=O) groups is 1. The zero-order valence-corrected chi connectivity index (χ0v) is 11.1. The third-order valence-electron chi connectivity index (χ3n) is 3.55. The standard InChI is InChI=1S/C15H13F2N3O/c16-11-3-1-2-9(14(11)17)10-6-12(15(18)21)20-13-7-19-5-4-8(10)13/h1-3,6,19H,4-5,7H2,(H2,18,21). The molecule has 3 rings (SSSR count). The van der Waals surface area contributed by atoms with E-state index in [0.29, 0.717) is 30.8 Å². The second-order valence-corrected chi connectivity index (χ2v) is 4.87. The van der Waals surface area contributed by atoms with Crippen molar-refractivity contribution in [2.45, 2.75) is 13.0 Å². The minimum atomic E-state index is -0.931. The molecule has 1 amide bonds. The van der Waals surface area contributed by atoms with Gasteiger partial charge in [-0.25, -0.2) is 13.8 Å². The fourth-order valence-corrected chi connectivity index (χ4v) is 2.55. The van der Waals surface area contributed by atoms with Crippen LogP contribution in [0.4, 0.5) is 8.78 Å². The fraction of sp³-hybridized carbons (Fsp3) is 0.200. The van der Waals surface area contributed by atoms with E-state index in [1.807, 2.05) is 0 Å². The molecule has 1 aromatic carbocycles. The molecule has 0 saturated heterocycles. The number of primary amides is 1. The van der Waals surface area contributed by atoms with Gasteiger partial charge in [-0.2, -0.15) is 0 Å². The van der Waals surface area contributed by atoms with Gasteiger partial charge in [0.1, 0.15) is 5.69 Å². The first kappa shape index (κ1) is 13.6. The van der Waals surface area contributed by atoms with Crippen LogP contribution in [-0.2, 0) is 13.0 Å². The quantitative estimate of drug-likeness (QED) is 0.885. The second kappa shape index (κ2) is 5.21. The Hall–Kier alpha value is -2.34. The predicted octanol–water partition coefficient (Wildman–Crippen LogP) is 1.77. The summed E-state index contributed by atoms with van der Waals surface area (Å²) >= 11 is 0. The Bertz CT molecular complexity index is 731. The van der Waals surface area contributed by atoms with Crippen LogP contribution in [0.2, 0.25) is 0 Å². The molecular formula is C15H13F2N3O. The van der Waals surface area contributed by atoms with Crippen molar-refractivity contribution in [1.82, 2.24) is 10.3 Å². The van der Waals surface area contributed by atoms with Gasteiger partial charge in [0.25, 0.3) is 5.91 Å². The van der Waals surface area contributed by atoms with Crippen molar-refractivity contribution in [3.05, 3.63) is 52.9 Å². The van der Waals surface area contributed by atoms with Crippen LogP contribution >= 0.6 is 0 Å². The van der Waals surface area contributed by atoms with E-state index >= 15 is 0 Å². The number of hydrogen-bond donors (Lipinski definition) is 2. The maximum absolute atomic E-state index is 14.1. The molecule has 0 atom stereocenters. The first-order chi connectivity index (χ1) is 10.1. The molecular weight excluding hydrogens is 276 g/mol. The average Bonchev–Trinajstić information content (AvgIpc) is 2.49. The van der Waals surface area contributed by atoms with Crippen LogP contribution in [0.15, 0.2) is 24.3 Å². The molecule has 0 saturated carbocycles. The van der Waals surface area contributed by atoms with E-state index < -0.39 is 17.5 Å². The molecule has 0 spiro atoms. The van der Waals surface area contributed by atoms with Crippen molar-refractivity contribution in [2.75, 3.05) is 6.54 Å². The molecule has 0 bridgehead atoms. The van der Waals surface area contributed by atoms with Crippen molar-refractivity contribution >= 4 is 5.91 Å². The average molecular weight is 289 g/mol. The molecule has 21 heavy (non-hydrogen) atoms. The lowest BCUT2D eigenvalue weighted by atomic mass is 9.93. The van der Waals surface area contributed by atoms with Crippen LogP contribution in [-0.4, -0.2) is 17.4 Å². The van der Waals surface area contributed by atoms with Gasteiger partial charge in [0, 0.05) is 12.1 Å². The number of hydrogen-bond acceptors (Lipinski definition) is 3. The fourth-order valence-electron chi connectivity index (χ4n) is 2.55. The first-order valence-electron chi connectivity index (χ1n) is 6.55. The summed E-state index contributed by atoms with van der Waals surface area (Å²) in [4.78, 5) is 15.6. The highest BCUT2D eigenvalue weighted by Gasteiger charge is 2.21. The Labute approximate surface area is 120 Å². The minimum Gasteiger partial charge on any atom is -0.364 e. The molecule has 3 N–H and O–H groups in total. The molecule has 2 heterocycles. The van der Waals surface area contributed by atoms with E-state index in [-0.39, 0.29) is 11.3 Å². The summed E-state index contributed by atoms with van der Waals surface area (Å²) in [6.45, 7) is 1.19. The Morgan fingerprint density at radius 2 is 2.10 bits per heavy atom. The maximum atomic E-state index is 14.1. The number of benzene rings is 1. The van der Waals surface area contributed by atoms with E-state index in [1.54, 1.807) is 0 Å². The SMILES string of the molecule is NC(=O)c1cc(-c2cccc(F)c2F)c2c(n1)CNCC2. The third kappa shape index (κ3) is 2.38. The van der Waals surface area contributed by atoms with Crippen LogP contribution in [0, 0.1) is 11.6 Å². The second-order valence-electron chi connectivity index (χ2n) is 4.87. The first-order valence-corrected chi connectivity index (χ1v) is 6.55. The largest absolute Gasteiger partial charge is 0.364 e. The number of nitrogens with zero attached hydrogens (tertiary/aromatic N) is 1. The number of aromatic nitrogens is 1. The summed E-state index contributed by atoms with van der Waals surface area (Å²) in [6, 6.07) is 5.42. The highest BCUT2D eigenvalue weighted by Crippen LogP contribution is 2.31. The topological polar surface area (TPSA) is 68.0 Å². The number of nitrogens with two attached hydrogens (primary N) is 1. The number of nitrogens with one attached hydrogen (secondary N) is 1. The summed E-state index contributed by atoms with van der Waals surface area (Å²) in [7, 11) is 0. The Morgan fingerprint density at radius 1 is 1.29 bits per heavy atom. The van der Waals surface area contributed by atoms with Crippen molar-refractivity contribution in [1.29, 1.82) is 0 Å². The normalized spacial score (nSPS) is 13.8. The van der Waals surface area contributed by atoms with Gasteiger partial charge in [-0.1, -0.05) is 12.1 Å². The molecule has 0 unspecified atom stereocenters. The molecule has 0 radical (unpaired) electrons. The molecule has 0 fully saturated rings. The van der Waals surface area contributed by atoms with Crippen molar-refractivity contribution < 1.29 is 13.6 Å². The lowest BCUT2D eigenvalue weighted by Crippen LogP contribution is -2.27. The third-order valence-corrected chi connectivity index (χ3v) is 3.55. The van der Waals surface area contributed by atoms with Gasteiger partial charge >= 0.3 is 0 Å². The number of carbonyl (C=O) groups excluding carboxylic acids is 1.